The lowest BCUT2D eigenvalue weighted by molar-refractivity contribution is 0.145. The summed E-state index contributed by atoms with van der Waals surface area (Å²) < 4.78 is 25.6. The molecule has 8 rings (SSSR count). The van der Waals surface area contributed by atoms with E-state index in [-0.39, 0.29) is 36.4 Å². The fraction of sp³-hybridized carbons (Fsp3) is 0.625. The van der Waals surface area contributed by atoms with Crippen LogP contribution in [0, 0.1) is 11.6 Å². The second-order valence-electron chi connectivity index (χ2n) is 12.6. The molecule has 2 aromatic carbocycles. The first-order valence-electron chi connectivity index (χ1n) is 15.5. The van der Waals surface area contributed by atoms with Crippen molar-refractivity contribution in [1.29, 1.82) is 0 Å². The van der Waals surface area contributed by atoms with Gasteiger partial charge in [-0.2, -0.15) is 0 Å². The van der Waals surface area contributed by atoms with Crippen molar-refractivity contribution in [1.82, 2.24) is 31.1 Å². The summed E-state index contributed by atoms with van der Waals surface area (Å²) in [5.74, 6) is -0.295. The van der Waals surface area contributed by atoms with Crippen LogP contribution in [0.1, 0.15) is 49.7 Å². The van der Waals surface area contributed by atoms with Gasteiger partial charge in [-0.3, -0.25) is 9.80 Å². The molecule has 0 aromatic heterocycles. The normalized spacial score (nSPS) is 31.1. The molecule has 6 aliphatic rings. The fourth-order valence-electron chi connectivity index (χ4n) is 7.45. The van der Waals surface area contributed by atoms with Gasteiger partial charge in [0, 0.05) is 88.6 Å². The highest BCUT2D eigenvalue weighted by molar-refractivity contribution is 5.85. The van der Waals surface area contributed by atoms with E-state index < -0.39 is 0 Å². The highest BCUT2D eigenvalue weighted by atomic mass is 35.5. The smallest absolute Gasteiger partial charge is 0.123 e. The SMILES string of the molecule is C1CC2CNCC1N2.Cl.Cl.Fc1ccc(CN2C3CCC2CNC3)cc1.Fc1ccc(CN2CC3CCC(C2)N3)cc1. The lowest BCUT2D eigenvalue weighted by Gasteiger charge is -2.35. The molecule has 0 spiro atoms. The molecule has 10 heteroatoms. The molecule has 2 aromatic rings. The average molecular weight is 626 g/mol. The van der Waals surface area contributed by atoms with E-state index in [4.69, 9.17) is 0 Å². The summed E-state index contributed by atoms with van der Waals surface area (Å²) in [5.41, 5.74) is 2.43. The Morgan fingerprint density at radius 2 is 0.976 bits per heavy atom. The molecule has 6 atom stereocenters. The van der Waals surface area contributed by atoms with Crippen molar-refractivity contribution >= 4 is 24.8 Å². The Labute approximate surface area is 262 Å². The predicted octanol–water partition coefficient (Wildman–Crippen LogP) is 4.08. The Hall–Kier alpha value is -1.36. The number of nitrogens with one attached hydrogen (secondary N) is 4. The molecule has 6 bridgehead atoms. The van der Waals surface area contributed by atoms with Gasteiger partial charge in [0.1, 0.15) is 11.6 Å². The molecule has 6 nitrogen and oxygen atoms in total. The quantitative estimate of drug-likeness (QED) is 0.411. The molecule has 6 aliphatic heterocycles. The molecule has 234 valence electrons. The molecule has 6 fully saturated rings. The Morgan fingerprint density at radius 3 is 1.48 bits per heavy atom. The van der Waals surface area contributed by atoms with E-state index in [0.29, 0.717) is 24.2 Å². The van der Waals surface area contributed by atoms with E-state index >= 15 is 0 Å². The third kappa shape index (κ3) is 9.08. The van der Waals surface area contributed by atoms with Crippen LogP contribution in [-0.2, 0) is 13.1 Å². The zero-order chi connectivity index (χ0) is 27.3. The van der Waals surface area contributed by atoms with E-state index in [2.05, 4.69) is 31.1 Å². The van der Waals surface area contributed by atoms with E-state index in [1.165, 1.54) is 62.7 Å². The topological polar surface area (TPSA) is 54.6 Å². The maximum Gasteiger partial charge on any atom is 0.123 e. The van der Waals surface area contributed by atoms with Crippen molar-refractivity contribution in [3.05, 3.63) is 71.3 Å². The number of hydrogen-bond donors (Lipinski definition) is 4. The van der Waals surface area contributed by atoms with Crippen LogP contribution in [0.2, 0.25) is 0 Å². The summed E-state index contributed by atoms with van der Waals surface area (Å²) in [7, 11) is 0. The summed E-state index contributed by atoms with van der Waals surface area (Å²) in [5, 5.41) is 14.0. The third-order valence-corrected chi connectivity index (χ3v) is 9.54. The molecule has 6 unspecified atom stereocenters. The average Bonchev–Trinajstić information content (AvgIpc) is 3.55. The van der Waals surface area contributed by atoms with E-state index in [1.807, 2.05) is 24.3 Å². The van der Waals surface area contributed by atoms with Gasteiger partial charge in [0.25, 0.3) is 0 Å². The molecule has 6 heterocycles. The van der Waals surface area contributed by atoms with Crippen molar-refractivity contribution in [2.75, 3.05) is 39.3 Å². The maximum absolute atomic E-state index is 12.8. The second kappa shape index (κ2) is 16.1. The first-order valence-corrected chi connectivity index (χ1v) is 15.5. The highest BCUT2D eigenvalue weighted by Gasteiger charge is 2.36. The van der Waals surface area contributed by atoms with E-state index in [0.717, 1.165) is 51.4 Å². The number of halogens is 4. The molecule has 4 N–H and O–H groups in total. The van der Waals surface area contributed by atoms with Crippen molar-refractivity contribution < 1.29 is 8.78 Å². The minimum Gasteiger partial charge on any atom is -0.314 e. The molecule has 0 saturated carbocycles. The van der Waals surface area contributed by atoms with Crippen molar-refractivity contribution in [2.24, 2.45) is 0 Å². The predicted molar refractivity (Wildman–Crippen MR) is 171 cm³/mol. The number of rotatable bonds is 4. The summed E-state index contributed by atoms with van der Waals surface area (Å²) in [4.78, 5) is 5.05. The number of benzene rings is 2. The number of piperazine rings is 3. The van der Waals surface area contributed by atoms with E-state index in [9.17, 15) is 8.78 Å². The molecule has 0 radical (unpaired) electrons. The lowest BCUT2D eigenvalue weighted by Crippen LogP contribution is -2.51. The van der Waals surface area contributed by atoms with Crippen molar-refractivity contribution in [3.8, 4) is 0 Å². The number of hydrogen-bond acceptors (Lipinski definition) is 6. The van der Waals surface area contributed by atoms with Crippen LogP contribution >= 0.6 is 24.8 Å². The highest BCUT2D eigenvalue weighted by Crippen LogP contribution is 2.28. The minimum absolute atomic E-state index is 0. The van der Waals surface area contributed by atoms with Gasteiger partial charge >= 0.3 is 0 Å². The minimum atomic E-state index is -0.149. The van der Waals surface area contributed by atoms with Gasteiger partial charge in [0.05, 0.1) is 0 Å². The van der Waals surface area contributed by atoms with E-state index in [1.54, 1.807) is 24.3 Å². The number of likely N-dealkylation sites (tertiary alicyclic amines) is 1. The summed E-state index contributed by atoms with van der Waals surface area (Å²) in [6.07, 6.45) is 8.00. The van der Waals surface area contributed by atoms with Gasteiger partial charge in [-0.25, -0.2) is 8.78 Å². The van der Waals surface area contributed by atoms with Crippen LogP contribution in [0.5, 0.6) is 0 Å². The van der Waals surface area contributed by atoms with Gasteiger partial charge in [-0.15, -0.1) is 24.8 Å². The fourth-order valence-corrected chi connectivity index (χ4v) is 7.45. The Kier molecular flexibility index (Phi) is 12.8. The summed E-state index contributed by atoms with van der Waals surface area (Å²) >= 11 is 0. The standard InChI is InChI=1S/2C13H17FN2.C6H12N2.2ClH/c14-11-3-1-10(2-4-11)9-16-12-5-6-13(16)8-15-7-12;14-11-3-1-10(2-4-11)7-16-8-12-5-6-13(9-16)15-12;1-2-6-4-7-3-5(1)8-6;;/h2*1-4,12-13,15H,5-9H2;5-8H,1-4H2;2*1H. The molecule has 42 heavy (non-hydrogen) atoms. The molecule has 0 aliphatic carbocycles. The number of fused-ring (bicyclic) bond motifs is 6. The lowest BCUT2D eigenvalue weighted by atomic mass is 10.1. The van der Waals surface area contributed by atoms with Gasteiger partial charge in [-0.05, 0) is 73.9 Å². The molecular formula is C32H48Cl2F2N6. The zero-order valence-corrected chi connectivity index (χ0v) is 26.1. The maximum atomic E-state index is 12.8. The summed E-state index contributed by atoms with van der Waals surface area (Å²) in [6, 6.07) is 18.1. The largest absolute Gasteiger partial charge is 0.314 e. The van der Waals surface area contributed by atoms with Crippen molar-refractivity contribution in [3.63, 3.8) is 0 Å². The van der Waals surface area contributed by atoms with Gasteiger partial charge in [0.2, 0.25) is 0 Å². The number of nitrogens with zero attached hydrogens (tertiary/aromatic N) is 2. The van der Waals surface area contributed by atoms with Crippen LogP contribution in [0.25, 0.3) is 0 Å². The van der Waals surface area contributed by atoms with Crippen LogP contribution < -0.4 is 21.3 Å². The van der Waals surface area contributed by atoms with Gasteiger partial charge < -0.3 is 21.3 Å². The Morgan fingerprint density at radius 1 is 0.548 bits per heavy atom. The van der Waals surface area contributed by atoms with Crippen molar-refractivity contribution in [2.45, 2.75) is 87.9 Å². The summed E-state index contributed by atoms with van der Waals surface area (Å²) in [6.45, 7) is 8.79. The van der Waals surface area contributed by atoms with Crippen LogP contribution in [-0.4, -0.2) is 85.3 Å². The van der Waals surface area contributed by atoms with Gasteiger partial charge in [-0.1, -0.05) is 24.3 Å². The van der Waals surface area contributed by atoms with Crippen LogP contribution in [0.4, 0.5) is 8.78 Å². The molecule has 6 saturated heterocycles. The molecular weight excluding hydrogens is 577 g/mol. The zero-order valence-electron chi connectivity index (χ0n) is 24.4. The first kappa shape index (κ1) is 33.5. The molecule has 0 amide bonds. The van der Waals surface area contributed by atoms with Gasteiger partial charge in [0.15, 0.2) is 0 Å². The van der Waals surface area contributed by atoms with Crippen LogP contribution in [0.3, 0.4) is 0 Å². The monoisotopic (exact) mass is 624 g/mol. The third-order valence-electron chi connectivity index (χ3n) is 9.54. The first-order chi connectivity index (χ1) is 19.6. The van der Waals surface area contributed by atoms with Crippen LogP contribution in [0.15, 0.2) is 48.5 Å². The Balaban J connectivity index is 0.000000148. The second-order valence-corrected chi connectivity index (χ2v) is 12.6. The Bertz CT molecular complexity index is 1040.